The quantitative estimate of drug-likeness (QED) is 0.453. The average Bonchev–Trinajstić information content (AvgIpc) is 2.86. The molecule has 0 aliphatic rings. The van der Waals surface area contributed by atoms with Gasteiger partial charge >= 0.3 is 0 Å². The van der Waals surface area contributed by atoms with Crippen molar-refractivity contribution in [2.75, 3.05) is 0 Å². The highest BCUT2D eigenvalue weighted by Crippen LogP contribution is 2.42. The average molecular weight is 431 g/mol. The molecule has 3 nitrogen and oxygen atoms in total. The number of fused-ring (bicyclic) bond motifs is 1. The number of halogens is 1. The van der Waals surface area contributed by atoms with Crippen LogP contribution < -0.4 is 0 Å². The molecule has 1 N–H and O–H groups in total. The van der Waals surface area contributed by atoms with Gasteiger partial charge in [0.05, 0.1) is 5.60 Å². The standard InChI is InChI=1S/C24H31ClN2OS/c1-7-16-12-19-21(29-23(2,3)4)20(13-24(5,6)28)27(22(19)26-14-16)15-17-8-10-18(25)11-9-17/h8-12,14,28H,7,13,15H2,1-6H3. The van der Waals surface area contributed by atoms with Gasteiger partial charge in [0, 0.05) is 44.9 Å². The van der Waals surface area contributed by atoms with Gasteiger partial charge in [-0.05, 0) is 49.6 Å². The molecule has 0 unspecified atom stereocenters. The third-order valence-corrected chi connectivity index (χ3v) is 6.21. The Hall–Kier alpha value is -1.49. The SMILES string of the molecule is CCc1cnc2c(c1)c(SC(C)(C)C)c(CC(C)(C)O)n2Cc1ccc(Cl)cc1. The number of hydrogen-bond acceptors (Lipinski definition) is 3. The van der Waals surface area contributed by atoms with Crippen LogP contribution in [-0.2, 0) is 19.4 Å². The predicted molar refractivity (Wildman–Crippen MR) is 125 cm³/mol. The molecular formula is C24H31ClN2OS. The molecule has 156 valence electrons. The van der Waals surface area contributed by atoms with Gasteiger partial charge < -0.3 is 9.67 Å². The van der Waals surface area contributed by atoms with Gasteiger partial charge in [-0.2, -0.15) is 0 Å². The Morgan fingerprint density at radius 2 is 1.72 bits per heavy atom. The van der Waals surface area contributed by atoms with Crippen LogP contribution in [0.3, 0.4) is 0 Å². The first-order valence-electron chi connectivity index (χ1n) is 10.1. The number of nitrogens with zero attached hydrogens (tertiary/aromatic N) is 2. The first kappa shape index (κ1) is 22.2. The molecular weight excluding hydrogens is 400 g/mol. The topological polar surface area (TPSA) is 38.1 Å². The summed E-state index contributed by atoms with van der Waals surface area (Å²) in [5.74, 6) is 0. The second-order valence-corrected chi connectivity index (χ2v) is 11.5. The molecule has 0 atom stereocenters. The third-order valence-electron chi connectivity index (χ3n) is 4.68. The number of benzene rings is 1. The summed E-state index contributed by atoms with van der Waals surface area (Å²) >= 11 is 7.94. The second kappa shape index (κ2) is 8.33. The molecule has 0 aliphatic heterocycles. The maximum atomic E-state index is 10.7. The Bertz CT molecular complexity index is 995. The van der Waals surface area contributed by atoms with Crippen LogP contribution in [0.2, 0.25) is 5.02 Å². The number of aliphatic hydroxyl groups is 1. The molecule has 0 amide bonds. The van der Waals surface area contributed by atoms with Crippen molar-refractivity contribution in [3.05, 3.63) is 58.4 Å². The lowest BCUT2D eigenvalue weighted by atomic mass is 10.0. The van der Waals surface area contributed by atoms with Crippen LogP contribution in [0.15, 0.2) is 41.4 Å². The van der Waals surface area contributed by atoms with Crippen molar-refractivity contribution < 1.29 is 5.11 Å². The van der Waals surface area contributed by atoms with Gasteiger partial charge in [-0.15, -0.1) is 11.8 Å². The van der Waals surface area contributed by atoms with Crippen LogP contribution in [0, 0.1) is 0 Å². The molecule has 0 spiro atoms. The molecule has 0 saturated carbocycles. The van der Waals surface area contributed by atoms with Gasteiger partial charge in [0.1, 0.15) is 5.65 Å². The van der Waals surface area contributed by atoms with Crippen molar-refractivity contribution in [3.63, 3.8) is 0 Å². The van der Waals surface area contributed by atoms with Crippen LogP contribution >= 0.6 is 23.4 Å². The predicted octanol–water partition coefficient (Wildman–Crippen LogP) is 6.50. The van der Waals surface area contributed by atoms with Crippen LogP contribution in [-0.4, -0.2) is 25.0 Å². The first-order valence-corrected chi connectivity index (χ1v) is 11.3. The van der Waals surface area contributed by atoms with Gasteiger partial charge in [0.25, 0.3) is 0 Å². The fraction of sp³-hybridized carbons (Fsp3) is 0.458. The molecule has 1 aromatic carbocycles. The molecule has 29 heavy (non-hydrogen) atoms. The number of aromatic nitrogens is 2. The van der Waals surface area contributed by atoms with Crippen molar-refractivity contribution in [2.45, 2.75) is 76.2 Å². The van der Waals surface area contributed by atoms with E-state index in [1.54, 1.807) is 0 Å². The summed E-state index contributed by atoms with van der Waals surface area (Å²) in [4.78, 5) is 6.08. The van der Waals surface area contributed by atoms with E-state index in [1.165, 1.54) is 15.8 Å². The lowest BCUT2D eigenvalue weighted by Crippen LogP contribution is -2.24. The number of hydrogen-bond donors (Lipinski definition) is 1. The van der Waals surface area contributed by atoms with Crippen LogP contribution in [0.5, 0.6) is 0 Å². The van der Waals surface area contributed by atoms with E-state index in [2.05, 4.69) is 50.5 Å². The zero-order valence-electron chi connectivity index (χ0n) is 18.2. The summed E-state index contributed by atoms with van der Waals surface area (Å²) in [6, 6.07) is 10.2. The minimum atomic E-state index is -0.813. The van der Waals surface area contributed by atoms with E-state index in [-0.39, 0.29) is 4.75 Å². The molecule has 3 rings (SSSR count). The monoisotopic (exact) mass is 430 g/mol. The van der Waals surface area contributed by atoms with Gasteiger partial charge in [-0.3, -0.25) is 0 Å². The molecule has 0 fully saturated rings. The highest BCUT2D eigenvalue weighted by Gasteiger charge is 2.27. The van der Waals surface area contributed by atoms with Gasteiger partial charge in [-0.25, -0.2) is 4.98 Å². The Balaban J connectivity index is 2.25. The molecule has 2 heterocycles. The van der Waals surface area contributed by atoms with Gasteiger partial charge in [-0.1, -0.05) is 51.4 Å². The van der Waals surface area contributed by atoms with Crippen LogP contribution in [0.1, 0.15) is 58.4 Å². The number of rotatable bonds is 6. The van der Waals surface area contributed by atoms with Crippen LogP contribution in [0.4, 0.5) is 0 Å². The Morgan fingerprint density at radius 1 is 1.07 bits per heavy atom. The first-order chi connectivity index (χ1) is 13.5. The summed E-state index contributed by atoms with van der Waals surface area (Å²) in [6.07, 6.45) is 3.49. The maximum absolute atomic E-state index is 10.7. The normalized spacial score (nSPS) is 12.7. The summed E-state index contributed by atoms with van der Waals surface area (Å²) < 4.78 is 2.32. The largest absolute Gasteiger partial charge is 0.390 e. The summed E-state index contributed by atoms with van der Waals surface area (Å²) in [5.41, 5.74) is 3.70. The Kier molecular flexibility index (Phi) is 6.38. The smallest absolute Gasteiger partial charge is 0.141 e. The summed E-state index contributed by atoms with van der Waals surface area (Å²) in [7, 11) is 0. The number of pyridine rings is 1. The number of aryl methyl sites for hydroxylation is 1. The number of thioether (sulfide) groups is 1. The van der Waals surface area contributed by atoms with E-state index >= 15 is 0 Å². The van der Waals surface area contributed by atoms with Crippen molar-refractivity contribution in [3.8, 4) is 0 Å². The summed E-state index contributed by atoms with van der Waals surface area (Å²) in [6.45, 7) is 13.3. The molecule has 0 radical (unpaired) electrons. The highest BCUT2D eigenvalue weighted by atomic mass is 35.5. The maximum Gasteiger partial charge on any atom is 0.141 e. The fourth-order valence-electron chi connectivity index (χ4n) is 3.43. The lowest BCUT2D eigenvalue weighted by molar-refractivity contribution is 0.0785. The molecule has 0 aliphatic carbocycles. The fourth-order valence-corrected chi connectivity index (χ4v) is 4.73. The highest BCUT2D eigenvalue weighted by molar-refractivity contribution is 8.00. The van der Waals surface area contributed by atoms with Crippen molar-refractivity contribution >= 4 is 34.4 Å². The van der Waals surface area contributed by atoms with E-state index in [0.29, 0.717) is 13.0 Å². The molecule has 0 bridgehead atoms. The minimum Gasteiger partial charge on any atom is -0.390 e. The van der Waals surface area contributed by atoms with E-state index in [0.717, 1.165) is 28.3 Å². The zero-order valence-corrected chi connectivity index (χ0v) is 19.8. The summed E-state index contributed by atoms with van der Waals surface area (Å²) in [5, 5.41) is 12.6. The third kappa shape index (κ3) is 5.56. The van der Waals surface area contributed by atoms with E-state index in [9.17, 15) is 5.11 Å². The lowest BCUT2D eigenvalue weighted by Gasteiger charge is -2.23. The van der Waals surface area contributed by atoms with Gasteiger partial charge in [0.15, 0.2) is 0 Å². The molecule has 0 saturated heterocycles. The Labute approximate surface area is 183 Å². The molecule has 3 aromatic rings. The minimum absolute atomic E-state index is 0.0515. The van der Waals surface area contributed by atoms with Crippen molar-refractivity contribution in [1.82, 2.24) is 9.55 Å². The van der Waals surface area contributed by atoms with Crippen LogP contribution in [0.25, 0.3) is 11.0 Å². The van der Waals surface area contributed by atoms with E-state index in [1.807, 2.05) is 43.9 Å². The Morgan fingerprint density at radius 3 is 2.28 bits per heavy atom. The molecule has 2 aromatic heterocycles. The molecule has 5 heteroatoms. The van der Waals surface area contributed by atoms with E-state index < -0.39 is 5.60 Å². The second-order valence-electron chi connectivity index (χ2n) is 9.26. The van der Waals surface area contributed by atoms with Crippen molar-refractivity contribution in [2.24, 2.45) is 0 Å². The van der Waals surface area contributed by atoms with Gasteiger partial charge in [0.2, 0.25) is 0 Å². The zero-order chi connectivity index (χ0) is 21.4. The van der Waals surface area contributed by atoms with E-state index in [4.69, 9.17) is 16.6 Å². The van der Waals surface area contributed by atoms with Crippen molar-refractivity contribution in [1.29, 1.82) is 0 Å².